The van der Waals surface area contributed by atoms with E-state index >= 15 is 0 Å². The number of likely N-dealkylation sites (tertiary alicyclic amines) is 1. The second kappa shape index (κ2) is 7.87. The summed E-state index contributed by atoms with van der Waals surface area (Å²) in [5.41, 5.74) is 0.331. The number of carbonyl (C=O) groups excluding carboxylic acids is 1. The lowest BCUT2D eigenvalue weighted by Crippen LogP contribution is -2.31. The van der Waals surface area contributed by atoms with Gasteiger partial charge in [-0.25, -0.2) is 4.79 Å². The highest BCUT2D eigenvalue weighted by Crippen LogP contribution is 2.26. The Morgan fingerprint density at radius 1 is 1.20 bits per heavy atom. The third-order valence-corrected chi connectivity index (χ3v) is 4.29. The molecule has 0 saturated carbocycles. The molecule has 3 nitrogen and oxygen atoms in total. The summed E-state index contributed by atoms with van der Waals surface area (Å²) in [4.78, 5) is 14.3. The van der Waals surface area contributed by atoms with Gasteiger partial charge in [-0.2, -0.15) is 0 Å². The molecule has 0 amide bonds. The molecule has 0 N–H and O–H groups in total. The van der Waals surface area contributed by atoms with Gasteiger partial charge in [0.25, 0.3) is 0 Å². The first-order chi connectivity index (χ1) is 9.68. The number of nitrogens with zero attached hydrogens (tertiary/aromatic N) is 1. The first-order valence-electron chi connectivity index (χ1n) is 7.02. The standard InChI is InChI=1S/C15H19Cl2NO2/c16-13-7-4-6-12(14(13)17)15(19)20-11-5-10-18-8-2-1-3-9-18/h4,6-7H,1-3,5,8-11H2. The Labute approximate surface area is 129 Å². The van der Waals surface area contributed by atoms with Crippen LogP contribution in [0.2, 0.25) is 10.0 Å². The molecule has 0 radical (unpaired) electrons. The fourth-order valence-corrected chi connectivity index (χ4v) is 2.75. The average molecular weight is 316 g/mol. The van der Waals surface area contributed by atoms with Crippen molar-refractivity contribution in [3.05, 3.63) is 33.8 Å². The SMILES string of the molecule is O=C(OCCCN1CCCCC1)c1cccc(Cl)c1Cl. The van der Waals surface area contributed by atoms with E-state index in [0.717, 1.165) is 26.1 Å². The number of ether oxygens (including phenoxy) is 1. The number of rotatable bonds is 5. The van der Waals surface area contributed by atoms with Gasteiger partial charge in [-0.15, -0.1) is 0 Å². The zero-order chi connectivity index (χ0) is 14.4. The van der Waals surface area contributed by atoms with Gasteiger partial charge < -0.3 is 9.64 Å². The molecule has 0 atom stereocenters. The van der Waals surface area contributed by atoms with Crippen LogP contribution in [-0.4, -0.2) is 37.1 Å². The number of benzene rings is 1. The van der Waals surface area contributed by atoms with E-state index in [4.69, 9.17) is 27.9 Å². The van der Waals surface area contributed by atoms with Gasteiger partial charge >= 0.3 is 5.97 Å². The molecule has 0 aliphatic carbocycles. The van der Waals surface area contributed by atoms with Crippen molar-refractivity contribution in [3.63, 3.8) is 0 Å². The van der Waals surface area contributed by atoms with Gasteiger partial charge in [0, 0.05) is 6.54 Å². The van der Waals surface area contributed by atoms with Gasteiger partial charge in [-0.3, -0.25) is 0 Å². The Hall–Kier alpha value is -0.770. The lowest BCUT2D eigenvalue weighted by atomic mass is 10.1. The number of hydrogen-bond acceptors (Lipinski definition) is 3. The minimum Gasteiger partial charge on any atom is -0.462 e. The van der Waals surface area contributed by atoms with E-state index in [-0.39, 0.29) is 5.02 Å². The molecule has 20 heavy (non-hydrogen) atoms. The maximum Gasteiger partial charge on any atom is 0.339 e. The lowest BCUT2D eigenvalue weighted by Gasteiger charge is -2.26. The highest BCUT2D eigenvalue weighted by molar-refractivity contribution is 6.43. The largest absolute Gasteiger partial charge is 0.462 e. The van der Waals surface area contributed by atoms with Crippen molar-refractivity contribution < 1.29 is 9.53 Å². The van der Waals surface area contributed by atoms with E-state index in [9.17, 15) is 4.79 Å². The lowest BCUT2D eigenvalue weighted by molar-refractivity contribution is 0.0485. The number of esters is 1. The fourth-order valence-electron chi connectivity index (χ4n) is 2.38. The van der Waals surface area contributed by atoms with Gasteiger partial charge in [0.2, 0.25) is 0 Å². The Bertz CT molecular complexity index is 459. The Morgan fingerprint density at radius 2 is 1.95 bits per heavy atom. The third kappa shape index (κ3) is 4.37. The number of piperidine rings is 1. The van der Waals surface area contributed by atoms with E-state index in [1.165, 1.54) is 19.3 Å². The van der Waals surface area contributed by atoms with Crippen LogP contribution in [0.15, 0.2) is 18.2 Å². The fraction of sp³-hybridized carbons (Fsp3) is 0.533. The summed E-state index contributed by atoms with van der Waals surface area (Å²) in [7, 11) is 0. The minimum atomic E-state index is -0.406. The normalized spacial score (nSPS) is 16.1. The Morgan fingerprint density at radius 3 is 2.70 bits per heavy atom. The molecule has 5 heteroatoms. The first kappa shape index (κ1) is 15.6. The smallest absolute Gasteiger partial charge is 0.339 e. The monoisotopic (exact) mass is 315 g/mol. The topological polar surface area (TPSA) is 29.5 Å². The third-order valence-electron chi connectivity index (χ3n) is 3.47. The second-order valence-corrected chi connectivity index (χ2v) is 5.78. The quantitative estimate of drug-likeness (QED) is 0.607. The van der Waals surface area contributed by atoms with E-state index in [1.807, 2.05) is 0 Å². The van der Waals surface area contributed by atoms with Gasteiger partial charge in [0.1, 0.15) is 0 Å². The predicted octanol–water partition coefficient (Wildman–Crippen LogP) is 4.03. The van der Waals surface area contributed by atoms with Crippen molar-refractivity contribution in [2.75, 3.05) is 26.2 Å². The number of hydrogen-bond donors (Lipinski definition) is 0. The van der Waals surface area contributed by atoms with E-state index in [1.54, 1.807) is 18.2 Å². The van der Waals surface area contributed by atoms with Crippen molar-refractivity contribution in [1.29, 1.82) is 0 Å². The number of halogens is 2. The van der Waals surface area contributed by atoms with Gasteiger partial charge in [-0.05, 0) is 44.5 Å². The van der Waals surface area contributed by atoms with Crippen LogP contribution in [0.25, 0.3) is 0 Å². The Balaban J connectivity index is 1.73. The van der Waals surface area contributed by atoms with Crippen LogP contribution >= 0.6 is 23.2 Å². The number of carbonyl (C=O) groups is 1. The summed E-state index contributed by atoms with van der Waals surface area (Å²) in [5, 5.41) is 0.629. The highest BCUT2D eigenvalue weighted by atomic mass is 35.5. The molecule has 1 saturated heterocycles. The molecule has 1 aromatic rings. The molecule has 1 aromatic carbocycles. The molecule has 0 unspecified atom stereocenters. The van der Waals surface area contributed by atoms with Crippen molar-refractivity contribution in [1.82, 2.24) is 4.90 Å². The summed E-state index contributed by atoms with van der Waals surface area (Å²) in [5.74, 6) is -0.406. The van der Waals surface area contributed by atoms with Crippen LogP contribution in [-0.2, 0) is 4.74 Å². The van der Waals surface area contributed by atoms with E-state index in [0.29, 0.717) is 17.2 Å². The predicted molar refractivity (Wildman–Crippen MR) is 81.7 cm³/mol. The van der Waals surface area contributed by atoms with Gasteiger partial charge in [0.15, 0.2) is 0 Å². The summed E-state index contributed by atoms with van der Waals surface area (Å²) in [6, 6.07) is 4.97. The van der Waals surface area contributed by atoms with E-state index in [2.05, 4.69) is 4.90 Å². The molecular formula is C15H19Cl2NO2. The molecule has 110 valence electrons. The molecule has 0 spiro atoms. The summed E-state index contributed by atoms with van der Waals surface area (Å²) >= 11 is 11.9. The van der Waals surface area contributed by atoms with Crippen molar-refractivity contribution in [3.8, 4) is 0 Å². The molecule has 1 heterocycles. The highest BCUT2D eigenvalue weighted by Gasteiger charge is 2.14. The maximum atomic E-state index is 11.9. The summed E-state index contributed by atoms with van der Waals surface area (Å²) < 4.78 is 5.25. The summed E-state index contributed by atoms with van der Waals surface area (Å²) in [6.45, 7) is 3.72. The average Bonchev–Trinajstić information content (AvgIpc) is 2.47. The summed E-state index contributed by atoms with van der Waals surface area (Å²) in [6.07, 6.45) is 4.73. The zero-order valence-electron chi connectivity index (χ0n) is 11.4. The molecular weight excluding hydrogens is 297 g/mol. The van der Waals surface area contributed by atoms with Crippen molar-refractivity contribution in [2.24, 2.45) is 0 Å². The van der Waals surface area contributed by atoms with Crippen LogP contribution in [0.1, 0.15) is 36.0 Å². The zero-order valence-corrected chi connectivity index (χ0v) is 12.9. The minimum absolute atomic E-state index is 0.259. The molecule has 2 rings (SSSR count). The van der Waals surface area contributed by atoms with E-state index < -0.39 is 5.97 Å². The first-order valence-corrected chi connectivity index (χ1v) is 7.77. The van der Waals surface area contributed by atoms with Crippen LogP contribution in [0.4, 0.5) is 0 Å². The Kier molecular flexibility index (Phi) is 6.14. The van der Waals surface area contributed by atoms with Crippen LogP contribution < -0.4 is 0 Å². The van der Waals surface area contributed by atoms with Gasteiger partial charge in [0.05, 0.1) is 22.2 Å². The van der Waals surface area contributed by atoms with Crippen LogP contribution in [0.5, 0.6) is 0 Å². The van der Waals surface area contributed by atoms with Crippen LogP contribution in [0, 0.1) is 0 Å². The molecule has 1 aliphatic heterocycles. The maximum absolute atomic E-state index is 11.9. The van der Waals surface area contributed by atoms with Crippen LogP contribution in [0.3, 0.4) is 0 Å². The second-order valence-electron chi connectivity index (χ2n) is 4.99. The molecule has 0 aromatic heterocycles. The van der Waals surface area contributed by atoms with Crippen molar-refractivity contribution in [2.45, 2.75) is 25.7 Å². The molecule has 1 fully saturated rings. The molecule has 1 aliphatic rings. The van der Waals surface area contributed by atoms with Crippen molar-refractivity contribution >= 4 is 29.2 Å². The molecule has 0 bridgehead atoms. The van der Waals surface area contributed by atoms with Gasteiger partial charge in [-0.1, -0.05) is 35.7 Å².